The van der Waals surface area contributed by atoms with Gasteiger partial charge >= 0.3 is 6.03 Å². The van der Waals surface area contributed by atoms with Gasteiger partial charge in [0.15, 0.2) is 5.13 Å². The zero-order valence-corrected chi connectivity index (χ0v) is 11.7. The van der Waals surface area contributed by atoms with Gasteiger partial charge < -0.3 is 0 Å². The molecule has 2 N–H and O–H groups in total. The lowest BCUT2D eigenvalue weighted by atomic mass is 10.3. The van der Waals surface area contributed by atoms with Gasteiger partial charge in [-0.2, -0.15) is 0 Å². The number of pyridine rings is 1. The number of rotatable bonds is 3. The van der Waals surface area contributed by atoms with E-state index in [9.17, 15) is 4.79 Å². The summed E-state index contributed by atoms with van der Waals surface area (Å²) in [5.74, 6) is 0.503. The molecule has 8 heteroatoms. The number of hydrogen-bond acceptors (Lipinski definition) is 6. The quantitative estimate of drug-likeness (QED) is 0.778. The van der Waals surface area contributed by atoms with Crippen LogP contribution in [0.1, 0.15) is 0 Å². The Bertz CT molecular complexity index is 696. The highest BCUT2D eigenvalue weighted by atomic mass is 32.1. The summed E-state index contributed by atoms with van der Waals surface area (Å²) >= 11 is 2.80. The molecule has 2 amide bonds. The molecule has 0 aromatic carbocycles. The number of carbonyl (C=O) groups excluding carboxylic acids is 1. The molecule has 100 valence electrons. The van der Waals surface area contributed by atoms with Crippen LogP contribution in [0.2, 0.25) is 0 Å². The molecule has 0 unspecified atom stereocenters. The van der Waals surface area contributed by atoms with E-state index in [1.165, 1.54) is 22.7 Å². The third-order valence-corrected chi connectivity index (χ3v) is 3.89. The molecule has 0 spiro atoms. The second-order valence-electron chi connectivity index (χ2n) is 3.70. The number of aromatic nitrogens is 3. The highest BCUT2D eigenvalue weighted by molar-refractivity contribution is 7.14. The van der Waals surface area contributed by atoms with Gasteiger partial charge in [0.1, 0.15) is 10.8 Å². The van der Waals surface area contributed by atoms with Gasteiger partial charge in [-0.3, -0.25) is 15.6 Å². The smallest absolute Gasteiger partial charge is 0.291 e. The van der Waals surface area contributed by atoms with E-state index in [1.54, 1.807) is 29.4 Å². The number of hydrogen-bond donors (Lipinski definition) is 2. The molecule has 3 aromatic rings. The van der Waals surface area contributed by atoms with Crippen LogP contribution < -0.4 is 10.6 Å². The van der Waals surface area contributed by atoms with E-state index in [4.69, 9.17) is 0 Å². The molecule has 3 heterocycles. The van der Waals surface area contributed by atoms with E-state index >= 15 is 0 Å². The normalized spacial score (nSPS) is 10.2. The fraction of sp³-hybridized carbons (Fsp3) is 0. The van der Waals surface area contributed by atoms with Crippen LogP contribution in [0, 0.1) is 0 Å². The number of nitrogens with zero attached hydrogens (tertiary/aromatic N) is 3. The number of carbonyl (C=O) groups is 1. The minimum Gasteiger partial charge on any atom is -0.291 e. The van der Waals surface area contributed by atoms with Crippen LogP contribution >= 0.6 is 22.7 Å². The summed E-state index contributed by atoms with van der Waals surface area (Å²) in [6.07, 6.45) is 5.07. The lowest BCUT2D eigenvalue weighted by Gasteiger charge is -2.01. The molecule has 0 aliphatic heterocycles. The maximum atomic E-state index is 11.7. The van der Waals surface area contributed by atoms with Gasteiger partial charge in [-0.15, -0.1) is 22.7 Å². The lowest BCUT2D eigenvalue weighted by molar-refractivity contribution is 0.262. The number of anilines is 2. The van der Waals surface area contributed by atoms with Crippen molar-refractivity contribution in [3.8, 4) is 10.6 Å². The van der Waals surface area contributed by atoms with Crippen LogP contribution in [0.3, 0.4) is 0 Å². The SMILES string of the molecule is O=C(Nc1csc(-c2cccnc2)n1)Nc1nccs1. The van der Waals surface area contributed by atoms with Gasteiger partial charge in [0.2, 0.25) is 0 Å². The van der Waals surface area contributed by atoms with Crippen LogP contribution in [0.15, 0.2) is 41.5 Å². The van der Waals surface area contributed by atoms with E-state index in [1.807, 2.05) is 12.1 Å². The summed E-state index contributed by atoms with van der Waals surface area (Å²) in [5.41, 5.74) is 0.922. The first-order valence-corrected chi connectivity index (χ1v) is 7.40. The fourth-order valence-corrected chi connectivity index (χ4v) is 2.75. The van der Waals surface area contributed by atoms with Gasteiger partial charge in [0.25, 0.3) is 0 Å². The molecule has 0 saturated heterocycles. The van der Waals surface area contributed by atoms with Gasteiger partial charge in [0.05, 0.1) is 0 Å². The minimum absolute atomic E-state index is 0.358. The van der Waals surface area contributed by atoms with Gasteiger partial charge in [-0.1, -0.05) is 0 Å². The summed E-state index contributed by atoms with van der Waals surface area (Å²) in [5, 5.41) is 10.2. The van der Waals surface area contributed by atoms with Crippen molar-refractivity contribution < 1.29 is 4.79 Å². The van der Waals surface area contributed by atoms with Gasteiger partial charge in [-0.05, 0) is 12.1 Å². The molecule has 0 fully saturated rings. The number of thiazole rings is 2. The first kappa shape index (κ1) is 12.7. The monoisotopic (exact) mass is 303 g/mol. The van der Waals surface area contributed by atoms with Crippen molar-refractivity contribution in [2.24, 2.45) is 0 Å². The van der Waals surface area contributed by atoms with Crippen LogP contribution in [0.25, 0.3) is 10.6 Å². The molecule has 0 saturated carbocycles. The molecule has 0 bridgehead atoms. The first-order chi connectivity index (χ1) is 9.81. The Labute approximate surface area is 122 Å². The summed E-state index contributed by atoms with van der Waals surface area (Å²) in [6.45, 7) is 0. The Hall–Kier alpha value is -2.32. The third kappa shape index (κ3) is 2.98. The zero-order chi connectivity index (χ0) is 13.8. The Morgan fingerprint density at radius 2 is 2.15 bits per heavy atom. The van der Waals surface area contributed by atoms with Crippen LogP contribution in [0.5, 0.6) is 0 Å². The first-order valence-electron chi connectivity index (χ1n) is 5.65. The molecule has 6 nitrogen and oxygen atoms in total. The average Bonchev–Trinajstić information content (AvgIpc) is 3.11. The predicted molar refractivity (Wildman–Crippen MR) is 80.1 cm³/mol. The van der Waals surface area contributed by atoms with Crippen molar-refractivity contribution in [1.82, 2.24) is 15.0 Å². The molecule has 20 heavy (non-hydrogen) atoms. The molecular formula is C12H9N5OS2. The Morgan fingerprint density at radius 3 is 2.90 bits per heavy atom. The minimum atomic E-state index is -0.358. The second kappa shape index (κ2) is 5.76. The van der Waals surface area contributed by atoms with E-state index in [2.05, 4.69) is 25.6 Å². The van der Waals surface area contributed by atoms with Crippen LogP contribution in [0.4, 0.5) is 15.7 Å². The predicted octanol–water partition coefficient (Wildman–Crippen LogP) is 3.31. The molecule has 0 atom stereocenters. The topological polar surface area (TPSA) is 79.8 Å². The Kier molecular flexibility index (Phi) is 3.66. The third-order valence-electron chi connectivity index (χ3n) is 2.31. The summed E-state index contributed by atoms with van der Waals surface area (Å²) < 4.78 is 0. The number of amides is 2. The Balaban J connectivity index is 1.67. The van der Waals surface area contributed by atoms with Gasteiger partial charge in [-0.25, -0.2) is 14.8 Å². The molecule has 0 aliphatic carbocycles. The van der Waals surface area contributed by atoms with Crippen molar-refractivity contribution in [2.45, 2.75) is 0 Å². The largest absolute Gasteiger partial charge is 0.326 e. The van der Waals surface area contributed by atoms with Crippen molar-refractivity contribution >= 4 is 39.7 Å². The maximum Gasteiger partial charge on any atom is 0.326 e. The van der Waals surface area contributed by atoms with Crippen molar-refractivity contribution in [1.29, 1.82) is 0 Å². The fourth-order valence-electron chi connectivity index (χ4n) is 1.48. The van der Waals surface area contributed by atoms with Crippen LogP contribution in [-0.4, -0.2) is 21.0 Å². The molecule has 0 aliphatic rings. The van der Waals surface area contributed by atoms with E-state index in [0.29, 0.717) is 10.9 Å². The average molecular weight is 303 g/mol. The molecular weight excluding hydrogens is 294 g/mol. The van der Waals surface area contributed by atoms with Crippen molar-refractivity contribution in [2.75, 3.05) is 10.6 Å². The maximum absolute atomic E-state index is 11.7. The molecule has 3 rings (SSSR count). The van der Waals surface area contributed by atoms with Crippen molar-refractivity contribution in [3.05, 3.63) is 41.5 Å². The highest BCUT2D eigenvalue weighted by Crippen LogP contribution is 2.25. The lowest BCUT2D eigenvalue weighted by Crippen LogP contribution is -2.19. The Morgan fingerprint density at radius 1 is 1.20 bits per heavy atom. The standard InChI is InChI=1S/C12H9N5OS2/c18-11(17-12-14-4-5-19-12)16-9-7-20-10(15-9)8-2-1-3-13-6-8/h1-7H,(H2,14,16,17,18). The van der Waals surface area contributed by atoms with E-state index in [0.717, 1.165) is 10.6 Å². The zero-order valence-electron chi connectivity index (χ0n) is 10.1. The summed E-state index contributed by atoms with van der Waals surface area (Å²) in [7, 11) is 0. The number of urea groups is 1. The highest BCUT2D eigenvalue weighted by Gasteiger charge is 2.08. The van der Waals surface area contributed by atoms with Gasteiger partial charge in [0, 0.05) is 34.9 Å². The summed E-state index contributed by atoms with van der Waals surface area (Å²) in [6, 6.07) is 3.41. The second-order valence-corrected chi connectivity index (χ2v) is 5.45. The number of nitrogens with one attached hydrogen (secondary N) is 2. The summed E-state index contributed by atoms with van der Waals surface area (Å²) in [4.78, 5) is 24.1. The van der Waals surface area contributed by atoms with Crippen molar-refractivity contribution in [3.63, 3.8) is 0 Å². The molecule has 0 radical (unpaired) electrons. The van der Waals surface area contributed by atoms with E-state index in [-0.39, 0.29) is 6.03 Å². The van der Waals surface area contributed by atoms with E-state index < -0.39 is 0 Å². The molecule has 3 aromatic heterocycles. The van der Waals surface area contributed by atoms with Crippen LogP contribution in [-0.2, 0) is 0 Å².